The molecule has 0 atom stereocenters. The van der Waals surface area contributed by atoms with Crippen molar-refractivity contribution in [3.8, 4) is 17.1 Å². The average molecular weight is 372 g/mol. The SMILES string of the molecule is CCS(=O)(=O)c1cccnc1-c1ccc(OCC(C)(F)F)c(CO)n1. The summed E-state index contributed by atoms with van der Waals surface area (Å²) in [5, 5.41) is 9.43. The molecule has 0 amide bonds. The largest absolute Gasteiger partial charge is 0.485 e. The van der Waals surface area contributed by atoms with Crippen molar-refractivity contribution in [2.75, 3.05) is 12.4 Å². The van der Waals surface area contributed by atoms with Gasteiger partial charge in [-0.3, -0.25) is 4.98 Å². The number of hydrogen-bond acceptors (Lipinski definition) is 6. The Morgan fingerprint density at radius 3 is 2.60 bits per heavy atom. The van der Waals surface area contributed by atoms with Gasteiger partial charge in [0.25, 0.3) is 5.92 Å². The Labute approximate surface area is 144 Å². The van der Waals surface area contributed by atoms with Crippen LogP contribution in [0.4, 0.5) is 8.78 Å². The third-order valence-corrected chi connectivity index (χ3v) is 5.05. The van der Waals surface area contributed by atoms with E-state index in [1.807, 2.05) is 0 Å². The highest BCUT2D eigenvalue weighted by molar-refractivity contribution is 7.91. The fraction of sp³-hybridized carbons (Fsp3) is 0.375. The number of pyridine rings is 2. The Kier molecular flexibility index (Phi) is 5.69. The minimum Gasteiger partial charge on any atom is -0.485 e. The molecule has 2 heterocycles. The number of aromatic nitrogens is 2. The standard InChI is InChI=1S/C16H18F2N2O4S/c1-3-25(22,23)14-5-4-8-19-15(14)11-6-7-13(12(9-21)20-11)24-10-16(2,17)18/h4-8,21H,3,9-10H2,1-2H3. The van der Waals surface area contributed by atoms with Gasteiger partial charge in [0.05, 0.1) is 22.9 Å². The first-order valence-corrected chi connectivity index (χ1v) is 9.12. The number of aliphatic hydroxyl groups excluding tert-OH is 1. The number of alkyl halides is 2. The highest BCUT2D eigenvalue weighted by Gasteiger charge is 2.24. The summed E-state index contributed by atoms with van der Waals surface area (Å²) < 4.78 is 55.3. The van der Waals surface area contributed by atoms with Crippen molar-refractivity contribution in [3.63, 3.8) is 0 Å². The Morgan fingerprint density at radius 1 is 1.28 bits per heavy atom. The summed E-state index contributed by atoms with van der Waals surface area (Å²) in [5.41, 5.74) is 0.353. The van der Waals surface area contributed by atoms with E-state index < -0.39 is 29.0 Å². The van der Waals surface area contributed by atoms with Crippen LogP contribution >= 0.6 is 0 Å². The lowest BCUT2D eigenvalue weighted by Gasteiger charge is -2.15. The molecule has 2 aromatic heterocycles. The van der Waals surface area contributed by atoms with Crippen LogP contribution in [0.1, 0.15) is 19.5 Å². The summed E-state index contributed by atoms with van der Waals surface area (Å²) in [5.74, 6) is -3.14. The third kappa shape index (κ3) is 4.70. The molecule has 0 bridgehead atoms. The monoisotopic (exact) mass is 372 g/mol. The number of rotatable bonds is 7. The molecule has 1 N–H and O–H groups in total. The number of aliphatic hydroxyl groups is 1. The van der Waals surface area contributed by atoms with Gasteiger partial charge >= 0.3 is 0 Å². The van der Waals surface area contributed by atoms with E-state index in [1.54, 1.807) is 0 Å². The van der Waals surface area contributed by atoms with Crippen LogP contribution in [0.25, 0.3) is 11.4 Å². The lowest BCUT2D eigenvalue weighted by atomic mass is 10.2. The van der Waals surface area contributed by atoms with E-state index in [-0.39, 0.29) is 33.5 Å². The van der Waals surface area contributed by atoms with Crippen LogP contribution in [-0.2, 0) is 16.4 Å². The van der Waals surface area contributed by atoms with Crippen LogP contribution in [0.3, 0.4) is 0 Å². The molecular weight excluding hydrogens is 354 g/mol. The van der Waals surface area contributed by atoms with Crippen LogP contribution in [0.15, 0.2) is 35.4 Å². The van der Waals surface area contributed by atoms with Crippen molar-refractivity contribution in [2.24, 2.45) is 0 Å². The number of nitrogens with zero attached hydrogens (tertiary/aromatic N) is 2. The number of halogens is 2. The first kappa shape index (κ1) is 19.2. The highest BCUT2D eigenvalue weighted by atomic mass is 32.2. The summed E-state index contributed by atoms with van der Waals surface area (Å²) >= 11 is 0. The maximum absolute atomic E-state index is 12.9. The molecule has 136 valence electrons. The van der Waals surface area contributed by atoms with Crippen molar-refractivity contribution in [1.82, 2.24) is 9.97 Å². The first-order valence-electron chi connectivity index (χ1n) is 7.47. The molecule has 0 saturated carbocycles. The Bertz CT molecular complexity index is 851. The zero-order valence-corrected chi connectivity index (χ0v) is 14.6. The molecule has 0 saturated heterocycles. The van der Waals surface area contributed by atoms with Gasteiger partial charge in [0.1, 0.15) is 17.1 Å². The number of sulfone groups is 1. The van der Waals surface area contributed by atoms with Crippen molar-refractivity contribution < 1.29 is 27.0 Å². The Morgan fingerprint density at radius 2 is 2.00 bits per heavy atom. The number of hydrogen-bond donors (Lipinski definition) is 1. The molecule has 0 aliphatic carbocycles. The molecule has 0 aliphatic heterocycles. The van der Waals surface area contributed by atoms with E-state index >= 15 is 0 Å². The van der Waals surface area contributed by atoms with Gasteiger partial charge in [0, 0.05) is 13.1 Å². The fourth-order valence-corrected chi connectivity index (χ4v) is 3.11. The van der Waals surface area contributed by atoms with Crippen molar-refractivity contribution in [2.45, 2.75) is 31.3 Å². The van der Waals surface area contributed by atoms with Gasteiger partial charge in [-0.1, -0.05) is 6.92 Å². The lowest BCUT2D eigenvalue weighted by Crippen LogP contribution is -2.21. The predicted octanol–water partition coefficient (Wildman–Crippen LogP) is 2.46. The molecule has 0 radical (unpaired) electrons. The van der Waals surface area contributed by atoms with Crippen LogP contribution in [-0.4, -0.2) is 41.8 Å². The predicted molar refractivity (Wildman–Crippen MR) is 87.2 cm³/mol. The van der Waals surface area contributed by atoms with Crippen molar-refractivity contribution in [3.05, 3.63) is 36.2 Å². The zero-order valence-electron chi connectivity index (χ0n) is 13.7. The molecule has 2 rings (SSSR count). The highest BCUT2D eigenvalue weighted by Crippen LogP contribution is 2.28. The lowest BCUT2D eigenvalue weighted by molar-refractivity contribution is -0.0236. The van der Waals surface area contributed by atoms with Crippen LogP contribution in [0.2, 0.25) is 0 Å². The zero-order chi connectivity index (χ0) is 18.7. The van der Waals surface area contributed by atoms with Gasteiger partial charge in [-0.25, -0.2) is 22.2 Å². The smallest absolute Gasteiger partial charge is 0.278 e. The van der Waals surface area contributed by atoms with E-state index in [9.17, 15) is 22.3 Å². The van der Waals surface area contributed by atoms with Gasteiger partial charge < -0.3 is 9.84 Å². The fourth-order valence-electron chi connectivity index (χ4n) is 2.06. The summed E-state index contributed by atoms with van der Waals surface area (Å²) in [6.07, 6.45) is 1.42. The van der Waals surface area contributed by atoms with Gasteiger partial charge in [-0.2, -0.15) is 0 Å². The molecule has 9 heteroatoms. The van der Waals surface area contributed by atoms with E-state index in [0.717, 1.165) is 0 Å². The second kappa shape index (κ2) is 7.40. The minimum absolute atomic E-state index is 0.00334. The van der Waals surface area contributed by atoms with Crippen LogP contribution < -0.4 is 4.74 Å². The normalized spacial score (nSPS) is 12.2. The van der Waals surface area contributed by atoms with E-state index in [2.05, 4.69) is 9.97 Å². The van der Waals surface area contributed by atoms with Gasteiger partial charge in [-0.15, -0.1) is 0 Å². The maximum Gasteiger partial charge on any atom is 0.278 e. The van der Waals surface area contributed by atoms with E-state index in [1.165, 1.54) is 37.4 Å². The summed E-state index contributed by atoms with van der Waals surface area (Å²) in [6.45, 7) is 0.810. The second-order valence-electron chi connectivity index (χ2n) is 5.41. The molecule has 0 spiro atoms. The molecule has 6 nitrogen and oxygen atoms in total. The van der Waals surface area contributed by atoms with Gasteiger partial charge in [0.15, 0.2) is 16.4 Å². The van der Waals surface area contributed by atoms with E-state index in [0.29, 0.717) is 6.92 Å². The Balaban J connectivity index is 2.46. The van der Waals surface area contributed by atoms with Crippen LogP contribution in [0, 0.1) is 0 Å². The molecule has 0 fully saturated rings. The van der Waals surface area contributed by atoms with Gasteiger partial charge in [0.2, 0.25) is 0 Å². The summed E-state index contributed by atoms with van der Waals surface area (Å²) in [4.78, 5) is 8.21. The molecule has 0 aliphatic rings. The van der Waals surface area contributed by atoms with Gasteiger partial charge in [-0.05, 0) is 24.3 Å². The first-order chi connectivity index (χ1) is 11.7. The summed E-state index contributed by atoms with van der Waals surface area (Å²) in [7, 11) is -3.53. The van der Waals surface area contributed by atoms with Crippen molar-refractivity contribution >= 4 is 9.84 Å². The quantitative estimate of drug-likeness (QED) is 0.803. The summed E-state index contributed by atoms with van der Waals surface area (Å²) in [6, 6.07) is 5.69. The molecule has 0 unspecified atom stereocenters. The average Bonchev–Trinajstić information content (AvgIpc) is 2.59. The van der Waals surface area contributed by atoms with Crippen LogP contribution in [0.5, 0.6) is 5.75 Å². The minimum atomic E-state index is -3.53. The topological polar surface area (TPSA) is 89.4 Å². The molecule has 0 aromatic carbocycles. The molecule has 25 heavy (non-hydrogen) atoms. The Hall–Kier alpha value is -2.13. The van der Waals surface area contributed by atoms with E-state index in [4.69, 9.17) is 4.74 Å². The maximum atomic E-state index is 12.9. The van der Waals surface area contributed by atoms with Crippen molar-refractivity contribution in [1.29, 1.82) is 0 Å². The molecular formula is C16H18F2N2O4S. The third-order valence-electron chi connectivity index (χ3n) is 3.29. The number of ether oxygens (including phenoxy) is 1. The molecule has 2 aromatic rings. The second-order valence-corrected chi connectivity index (χ2v) is 7.66.